The van der Waals surface area contributed by atoms with Crippen molar-refractivity contribution in [3.05, 3.63) is 34.9 Å². The van der Waals surface area contributed by atoms with Crippen molar-refractivity contribution in [2.45, 2.75) is 25.6 Å². The summed E-state index contributed by atoms with van der Waals surface area (Å²) in [7, 11) is 0. The Bertz CT molecular complexity index is 334. The average Bonchev–Trinajstić information content (AvgIpc) is 2.16. The molecule has 1 N–H and O–H groups in total. The van der Waals surface area contributed by atoms with Gasteiger partial charge in [0.1, 0.15) is 0 Å². The molecular weight excluding hydrogens is 200 g/mol. The normalized spacial score (nSPS) is 10.1. The maximum atomic E-state index is 10.5. The number of carbonyl (C=O) groups is 1. The van der Waals surface area contributed by atoms with E-state index in [4.69, 9.17) is 16.7 Å². The fourth-order valence-corrected chi connectivity index (χ4v) is 1.68. The molecule has 0 amide bonds. The van der Waals surface area contributed by atoms with Gasteiger partial charge in [-0.1, -0.05) is 25.1 Å². The third-order valence-corrected chi connectivity index (χ3v) is 2.44. The van der Waals surface area contributed by atoms with Crippen LogP contribution in [0.15, 0.2) is 18.2 Å². The monoisotopic (exact) mass is 212 g/mol. The minimum atomic E-state index is -0.800. The van der Waals surface area contributed by atoms with Crippen LogP contribution in [0.5, 0.6) is 0 Å². The number of halogens is 1. The van der Waals surface area contributed by atoms with Crippen LogP contribution in [0, 0.1) is 0 Å². The second kappa shape index (κ2) is 5.01. The maximum absolute atomic E-state index is 10.5. The van der Waals surface area contributed by atoms with Crippen molar-refractivity contribution in [1.82, 2.24) is 0 Å². The van der Waals surface area contributed by atoms with E-state index in [1.54, 1.807) is 0 Å². The van der Waals surface area contributed by atoms with Crippen LogP contribution in [0.2, 0.25) is 0 Å². The smallest absolute Gasteiger partial charge is 0.307 e. The van der Waals surface area contributed by atoms with Gasteiger partial charge in [0.15, 0.2) is 0 Å². The topological polar surface area (TPSA) is 37.3 Å². The van der Waals surface area contributed by atoms with E-state index in [0.29, 0.717) is 5.88 Å². The Morgan fingerprint density at radius 1 is 1.43 bits per heavy atom. The first-order chi connectivity index (χ1) is 6.67. The fraction of sp³-hybridized carbons (Fsp3) is 0.364. The molecule has 0 fully saturated rings. The highest BCUT2D eigenvalue weighted by molar-refractivity contribution is 6.17. The van der Waals surface area contributed by atoms with Crippen molar-refractivity contribution < 1.29 is 9.90 Å². The number of hydrogen-bond acceptors (Lipinski definition) is 1. The highest BCUT2D eigenvalue weighted by atomic mass is 35.5. The Morgan fingerprint density at radius 3 is 2.64 bits per heavy atom. The molecule has 0 saturated heterocycles. The minimum Gasteiger partial charge on any atom is -0.481 e. The number of aliphatic carboxylic acids is 1. The second-order valence-electron chi connectivity index (χ2n) is 3.16. The van der Waals surface area contributed by atoms with E-state index in [1.165, 1.54) is 0 Å². The van der Waals surface area contributed by atoms with E-state index in [1.807, 2.05) is 25.1 Å². The number of rotatable bonds is 4. The molecule has 0 heterocycles. The summed E-state index contributed by atoms with van der Waals surface area (Å²) < 4.78 is 0. The van der Waals surface area contributed by atoms with E-state index in [0.717, 1.165) is 23.1 Å². The van der Waals surface area contributed by atoms with Crippen molar-refractivity contribution in [1.29, 1.82) is 0 Å². The summed E-state index contributed by atoms with van der Waals surface area (Å²) in [6.07, 6.45) is 0.963. The Kier molecular flexibility index (Phi) is 3.96. The van der Waals surface area contributed by atoms with Crippen LogP contribution in [0.4, 0.5) is 0 Å². The molecule has 0 aliphatic heterocycles. The summed E-state index contributed by atoms with van der Waals surface area (Å²) in [4.78, 5) is 10.5. The number of carboxylic acids is 1. The predicted molar refractivity (Wildman–Crippen MR) is 56.7 cm³/mol. The van der Waals surface area contributed by atoms with Crippen LogP contribution >= 0.6 is 11.6 Å². The molecule has 1 aromatic carbocycles. The Hall–Kier alpha value is -1.02. The molecule has 14 heavy (non-hydrogen) atoms. The summed E-state index contributed by atoms with van der Waals surface area (Å²) in [6, 6.07) is 5.65. The molecule has 0 unspecified atom stereocenters. The van der Waals surface area contributed by atoms with Crippen molar-refractivity contribution in [3.8, 4) is 0 Å². The fourth-order valence-electron chi connectivity index (χ4n) is 1.42. The molecule has 1 aromatic rings. The van der Waals surface area contributed by atoms with Crippen LogP contribution in [-0.2, 0) is 23.5 Å². The lowest BCUT2D eigenvalue weighted by Gasteiger charge is -2.06. The lowest BCUT2D eigenvalue weighted by atomic mass is 10.0. The zero-order valence-electron chi connectivity index (χ0n) is 8.09. The summed E-state index contributed by atoms with van der Waals surface area (Å²) in [5.74, 6) is -0.318. The van der Waals surface area contributed by atoms with Crippen molar-refractivity contribution in [3.63, 3.8) is 0 Å². The summed E-state index contributed by atoms with van der Waals surface area (Å²) >= 11 is 5.75. The van der Waals surface area contributed by atoms with E-state index >= 15 is 0 Å². The van der Waals surface area contributed by atoms with Crippen LogP contribution in [-0.4, -0.2) is 11.1 Å². The molecule has 0 aliphatic carbocycles. The first-order valence-corrected chi connectivity index (χ1v) is 5.09. The average molecular weight is 213 g/mol. The van der Waals surface area contributed by atoms with Gasteiger partial charge in [-0.15, -0.1) is 11.6 Å². The van der Waals surface area contributed by atoms with Gasteiger partial charge in [-0.3, -0.25) is 4.79 Å². The van der Waals surface area contributed by atoms with Gasteiger partial charge in [-0.2, -0.15) is 0 Å². The van der Waals surface area contributed by atoms with E-state index in [9.17, 15) is 4.79 Å². The molecule has 2 nitrogen and oxygen atoms in total. The molecule has 1 rings (SSSR count). The van der Waals surface area contributed by atoms with Gasteiger partial charge in [0.05, 0.1) is 6.42 Å². The zero-order valence-corrected chi connectivity index (χ0v) is 8.84. The molecule has 0 aromatic heterocycles. The Morgan fingerprint density at radius 2 is 2.14 bits per heavy atom. The van der Waals surface area contributed by atoms with Gasteiger partial charge < -0.3 is 5.11 Å². The molecule has 0 spiro atoms. The first kappa shape index (κ1) is 11.1. The first-order valence-electron chi connectivity index (χ1n) is 4.55. The molecule has 0 radical (unpaired) electrons. The highest BCUT2D eigenvalue weighted by Gasteiger charge is 2.04. The molecule has 76 valence electrons. The van der Waals surface area contributed by atoms with Gasteiger partial charge in [-0.25, -0.2) is 0 Å². The quantitative estimate of drug-likeness (QED) is 0.780. The van der Waals surface area contributed by atoms with Crippen LogP contribution in [0.3, 0.4) is 0 Å². The van der Waals surface area contributed by atoms with E-state index in [2.05, 4.69) is 0 Å². The second-order valence-corrected chi connectivity index (χ2v) is 3.43. The van der Waals surface area contributed by atoms with Gasteiger partial charge in [0.2, 0.25) is 0 Å². The lowest BCUT2D eigenvalue weighted by molar-refractivity contribution is -0.136. The zero-order chi connectivity index (χ0) is 10.6. The van der Waals surface area contributed by atoms with Crippen molar-refractivity contribution >= 4 is 17.6 Å². The minimum absolute atomic E-state index is 0.0789. The maximum Gasteiger partial charge on any atom is 0.307 e. The molecular formula is C11H13ClO2. The number of benzene rings is 1. The third-order valence-electron chi connectivity index (χ3n) is 2.15. The SMILES string of the molecule is CCc1cc(CC(=O)O)ccc1CCl. The molecule has 0 saturated carbocycles. The molecule has 0 atom stereocenters. The summed E-state index contributed by atoms with van der Waals surface area (Å²) in [5.41, 5.74) is 3.06. The van der Waals surface area contributed by atoms with E-state index < -0.39 is 5.97 Å². The van der Waals surface area contributed by atoms with Gasteiger partial charge in [-0.05, 0) is 23.1 Å². The lowest BCUT2D eigenvalue weighted by Crippen LogP contribution is -2.01. The van der Waals surface area contributed by atoms with Gasteiger partial charge in [0, 0.05) is 5.88 Å². The van der Waals surface area contributed by atoms with Crippen LogP contribution in [0.1, 0.15) is 23.6 Å². The van der Waals surface area contributed by atoms with Crippen molar-refractivity contribution in [2.75, 3.05) is 0 Å². The highest BCUT2D eigenvalue weighted by Crippen LogP contribution is 2.15. The largest absolute Gasteiger partial charge is 0.481 e. The van der Waals surface area contributed by atoms with E-state index in [-0.39, 0.29) is 6.42 Å². The molecule has 3 heteroatoms. The predicted octanol–water partition coefficient (Wildman–Crippen LogP) is 2.61. The number of hydrogen-bond donors (Lipinski definition) is 1. The van der Waals surface area contributed by atoms with Crippen LogP contribution < -0.4 is 0 Å². The summed E-state index contributed by atoms with van der Waals surface area (Å²) in [6.45, 7) is 2.04. The third kappa shape index (κ3) is 2.74. The van der Waals surface area contributed by atoms with Gasteiger partial charge >= 0.3 is 5.97 Å². The van der Waals surface area contributed by atoms with Crippen molar-refractivity contribution in [2.24, 2.45) is 0 Å². The standard InChI is InChI=1S/C11H13ClO2/c1-2-9-5-8(6-11(13)14)3-4-10(9)7-12/h3-5H,2,6-7H2,1H3,(H,13,14). The number of carboxylic acid groups (broad SMARTS) is 1. The Labute approximate surface area is 88.5 Å². The van der Waals surface area contributed by atoms with Gasteiger partial charge in [0.25, 0.3) is 0 Å². The number of aryl methyl sites for hydroxylation is 1. The summed E-state index contributed by atoms with van der Waals surface area (Å²) in [5, 5.41) is 8.63. The molecule has 0 bridgehead atoms. The van der Waals surface area contributed by atoms with Crippen LogP contribution in [0.25, 0.3) is 0 Å². The Balaban J connectivity index is 2.95. The molecule has 0 aliphatic rings. The number of alkyl halides is 1.